The maximum absolute atomic E-state index is 12.2. The van der Waals surface area contributed by atoms with Gasteiger partial charge < -0.3 is 14.8 Å². The lowest BCUT2D eigenvalue weighted by Crippen LogP contribution is -2.27. The summed E-state index contributed by atoms with van der Waals surface area (Å²) in [5, 5.41) is 3.37. The summed E-state index contributed by atoms with van der Waals surface area (Å²) >= 11 is 11.8. The molecule has 0 aliphatic carbocycles. The van der Waals surface area contributed by atoms with Crippen molar-refractivity contribution >= 4 is 28.9 Å². The van der Waals surface area contributed by atoms with Crippen molar-refractivity contribution in [3.05, 3.63) is 22.2 Å². The van der Waals surface area contributed by atoms with Crippen LogP contribution < -0.4 is 10.1 Å². The van der Waals surface area contributed by atoms with Crippen molar-refractivity contribution in [2.24, 2.45) is 0 Å². The van der Waals surface area contributed by atoms with Crippen LogP contribution in [0.25, 0.3) is 0 Å². The molecule has 0 unspecified atom stereocenters. The van der Waals surface area contributed by atoms with Gasteiger partial charge in [0.1, 0.15) is 0 Å². The van der Waals surface area contributed by atoms with E-state index in [1.807, 2.05) is 0 Å². The van der Waals surface area contributed by atoms with Gasteiger partial charge >= 0.3 is 6.61 Å². The first-order valence-electron chi connectivity index (χ1n) is 5.84. The number of rotatable bonds is 4. The third-order valence-corrected chi connectivity index (χ3v) is 3.36. The molecule has 1 aromatic rings. The van der Waals surface area contributed by atoms with Crippen molar-refractivity contribution in [1.82, 2.24) is 0 Å². The molecule has 2 rings (SSSR count). The van der Waals surface area contributed by atoms with Crippen LogP contribution >= 0.6 is 23.2 Å². The molecule has 0 bridgehead atoms. The van der Waals surface area contributed by atoms with E-state index in [4.69, 9.17) is 27.9 Å². The molecule has 1 N–H and O–H groups in total. The molecule has 0 saturated carbocycles. The summed E-state index contributed by atoms with van der Waals surface area (Å²) < 4.78 is 33.9. The molecule has 0 spiro atoms. The molecule has 106 valence electrons. The summed E-state index contributed by atoms with van der Waals surface area (Å²) in [6, 6.07) is 3.32. The Labute approximate surface area is 119 Å². The molecule has 3 nitrogen and oxygen atoms in total. The number of nitrogens with one attached hydrogen (secondary N) is 1. The smallest absolute Gasteiger partial charge is 0.387 e. The standard InChI is InChI=1S/C12H13Cl2F2NO2/c13-9-5-8(17-7-1-3-18-4-2-7)6-10(14)11(9)19-12(15)16/h5-7,12,17H,1-4H2. The summed E-state index contributed by atoms with van der Waals surface area (Å²) in [4.78, 5) is 0. The van der Waals surface area contributed by atoms with E-state index >= 15 is 0 Å². The molecule has 19 heavy (non-hydrogen) atoms. The molecule has 0 amide bonds. The van der Waals surface area contributed by atoms with E-state index in [9.17, 15) is 8.78 Å². The Hall–Kier alpha value is -0.780. The Bertz CT molecular complexity index is 417. The highest BCUT2D eigenvalue weighted by Crippen LogP contribution is 2.37. The van der Waals surface area contributed by atoms with Crippen LogP contribution in [0, 0.1) is 0 Å². The van der Waals surface area contributed by atoms with Crippen molar-refractivity contribution < 1.29 is 18.3 Å². The van der Waals surface area contributed by atoms with Crippen LogP contribution in [-0.4, -0.2) is 25.9 Å². The minimum atomic E-state index is -2.95. The van der Waals surface area contributed by atoms with Crippen LogP contribution in [0.5, 0.6) is 5.75 Å². The number of alkyl halides is 2. The molecule has 1 saturated heterocycles. The normalized spacial score (nSPS) is 16.7. The average Bonchev–Trinajstić information content (AvgIpc) is 2.35. The van der Waals surface area contributed by atoms with E-state index in [2.05, 4.69) is 10.1 Å². The average molecular weight is 312 g/mol. The number of hydrogen-bond donors (Lipinski definition) is 1. The molecule has 7 heteroatoms. The zero-order chi connectivity index (χ0) is 13.8. The molecule has 0 aromatic heterocycles. The zero-order valence-corrected chi connectivity index (χ0v) is 11.5. The topological polar surface area (TPSA) is 30.5 Å². The Morgan fingerprint density at radius 3 is 2.32 bits per heavy atom. The molecule has 1 fully saturated rings. The fourth-order valence-corrected chi connectivity index (χ4v) is 2.50. The second-order valence-corrected chi connectivity index (χ2v) is 4.99. The van der Waals surface area contributed by atoms with Crippen molar-refractivity contribution in [3.8, 4) is 5.75 Å². The lowest BCUT2D eigenvalue weighted by atomic mass is 10.1. The van der Waals surface area contributed by atoms with E-state index in [0.29, 0.717) is 18.9 Å². The predicted molar refractivity (Wildman–Crippen MR) is 70.6 cm³/mol. The predicted octanol–water partition coefficient (Wildman–Crippen LogP) is 4.19. The number of halogens is 4. The molecule has 0 atom stereocenters. The van der Waals surface area contributed by atoms with Crippen molar-refractivity contribution in [2.45, 2.75) is 25.5 Å². The SMILES string of the molecule is FC(F)Oc1c(Cl)cc(NC2CCOCC2)cc1Cl. The number of hydrogen-bond acceptors (Lipinski definition) is 3. The largest absolute Gasteiger partial charge is 0.432 e. The van der Waals surface area contributed by atoms with E-state index in [1.165, 1.54) is 12.1 Å². The third kappa shape index (κ3) is 4.09. The first kappa shape index (κ1) is 14.6. The van der Waals surface area contributed by atoms with Crippen LogP contribution in [0.4, 0.5) is 14.5 Å². The van der Waals surface area contributed by atoms with E-state index in [0.717, 1.165) is 12.8 Å². The minimum absolute atomic E-state index is 0.0577. The minimum Gasteiger partial charge on any atom is -0.432 e. The maximum Gasteiger partial charge on any atom is 0.387 e. The van der Waals surface area contributed by atoms with Gasteiger partial charge in [0.15, 0.2) is 5.75 Å². The van der Waals surface area contributed by atoms with Gasteiger partial charge in [0, 0.05) is 24.9 Å². The molecular formula is C12H13Cl2F2NO2. The van der Waals surface area contributed by atoms with E-state index in [1.54, 1.807) is 0 Å². The summed E-state index contributed by atoms with van der Waals surface area (Å²) in [7, 11) is 0. The molecule has 1 aliphatic rings. The van der Waals surface area contributed by atoms with Gasteiger partial charge in [-0.15, -0.1) is 0 Å². The second-order valence-electron chi connectivity index (χ2n) is 4.18. The number of ether oxygens (including phenoxy) is 2. The van der Waals surface area contributed by atoms with Gasteiger partial charge in [-0.2, -0.15) is 8.78 Å². The summed E-state index contributed by atoms with van der Waals surface area (Å²) in [5.41, 5.74) is 0.684. The van der Waals surface area contributed by atoms with Crippen LogP contribution in [0.1, 0.15) is 12.8 Å². The van der Waals surface area contributed by atoms with Gasteiger partial charge in [0.05, 0.1) is 10.0 Å². The molecule has 1 heterocycles. The highest BCUT2D eigenvalue weighted by Gasteiger charge is 2.17. The fraction of sp³-hybridized carbons (Fsp3) is 0.500. The Morgan fingerprint density at radius 1 is 1.21 bits per heavy atom. The third-order valence-electron chi connectivity index (χ3n) is 2.80. The van der Waals surface area contributed by atoms with Gasteiger partial charge in [-0.1, -0.05) is 23.2 Å². The second kappa shape index (κ2) is 6.59. The number of benzene rings is 1. The quantitative estimate of drug-likeness (QED) is 0.904. The van der Waals surface area contributed by atoms with Crippen LogP contribution in [0.15, 0.2) is 12.1 Å². The Morgan fingerprint density at radius 2 is 1.79 bits per heavy atom. The van der Waals surface area contributed by atoms with E-state index in [-0.39, 0.29) is 21.8 Å². The van der Waals surface area contributed by atoms with Gasteiger partial charge in [0.25, 0.3) is 0 Å². The first-order chi connectivity index (χ1) is 9.06. The fourth-order valence-electron chi connectivity index (χ4n) is 1.92. The summed E-state index contributed by atoms with van der Waals surface area (Å²) in [5.74, 6) is -0.198. The Balaban J connectivity index is 2.10. The first-order valence-corrected chi connectivity index (χ1v) is 6.60. The van der Waals surface area contributed by atoms with Gasteiger partial charge in [-0.25, -0.2) is 0 Å². The van der Waals surface area contributed by atoms with Gasteiger partial charge in [-0.05, 0) is 25.0 Å². The summed E-state index contributed by atoms with van der Waals surface area (Å²) in [6.45, 7) is -1.55. The highest BCUT2D eigenvalue weighted by molar-refractivity contribution is 6.37. The van der Waals surface area contributed by atoms with Gasteiger partial charge in [0.2, 0.25) is 0 Å². The van der Waals surface area contributed by atoms with Crippen LogP contribution in [0.3, 0.4) is 0 Å². The lowest BCUT2D eigenvalue weighted by molar-refractivity contribution is -0.0497. The maximum atomic E-state index is 12.2. The monoisotopic (exact) mass is 311 g/mol. The zero-order valence-electron chi connectivity index (χ0n) is 9.97. The molecule has 1 aromatic carbocycles. The van der Waals surface area contributed by atoms with Crippen molar-refractivity contribution in [1.29, 1.82) is 0 Å². The molecule has 0 radical (unpaired) electrons. The highest BCUT2D eigenvalue weighted by atomic mass is 35.5. The molecule has 1 aliphatic heterocycles. The van der Waals surface area contributed by atoms with Crippen molar-refractivity contribution in [2.75, 3.05) is 18.5 Å². The van der Waals surface area contributed by atoms with Crippen LogP contribution in [0.2, 0.25) is 10.0 Å². The lowest BCUT2D eigenvalue weighted by Gasteiger charge is -2.24. The van der Waals surface area contributed by atoms with E-state index < -0.39 is 6.61 Å². The Kier molecular flexibility index (Phi) is 5.07. The molecular weight excluding hydrogens is 299 g/mol. The van der Waals surface area contributed by atoms with Crippen LogP contribution in [-0.2, 0) is 4.74 Å². The van der Waals surface area contributed by atoms with Gasteiger partial charge in [-0.3, -0.25) is 0 Å². The summed E-state index contributed by atoms with van der Waals surface area (Å²) in [6.07, 6.45) is 1.76. The van der Waals surface area contributed by atoms with Crippen molar-refractivity contribution in [3.63, 3.8) is 0 Å². The number of anilines is 1.